The summed E-state index contributed by atoms with van der Waals surface area (Å²) in [5.74, 6) is -0.351. The standard InChI is InChI=1S/C10H11BrN2O2/c1-13-9-7(11)4-6(2-3-12)5-8(9)15-10(13)14/h4-5H,2-3,12H2,1H3. The summed E-state index contributed by atoms with van der Waals surface area (Å²) in [6.45, 7) is 0.578. The zero-order valence-electron chi connectivity index (χ0n) is 8.29. The second kappa shape index (κ2) is 3.83. The van der Waals surface area contributed by atoms with Gasteiger partial charge in [-0.15, -0.1) is 0 Å². The Morgan fingerprint density at radius 3 is 2.93 bits per heavy atom. The fraction of sp³-hybridized carbons (Fsp3) is 0.300. The molecule has 4 nitrogen and oxygen atoms in total. The molecule has 2 N–H and O–H groups in total. The predicted molar refractivity (Wildman–Crippen MR) is 61.9 cm³/mol. The van der Waals surface area contributed by atoms with Crippen molar-refractivity contribution in [3.63, 3.8) is 0 Å². The van der Waals surface area contributed by atoms with Crippen LogP contribution in [-0.2, 0) is 13.5 Å². The molecule has 15 heavy (non-hydrogen) atoms. The van der Waals surface area contributed by atoms with Crippen LogP contribution in [0, 0.1) is 0 Å². The molecule has 0 bridgehead atoms. The maximum atomic E-state index is 11.3. The van der Waals surface area contributed by atoms with Gasteiger partial charge in [0.1, 0.15) is 5.52 Å². The number of aromatic nitrogens is 1. The highest BCUT2D eigenvalue weighted by Crippen LogP contribution is 2.24. The molecule has 80 valence electrons. The molecule has 0 unspecified atom stereocenters. The van der Waals surface area contributed by atoms with Crippen molar-refractivity contribution in [2.45, 2.75) is 6.42 Å². The third kappa shape index (κ3) is 1.72. The van der Waals surface area contributed by atoms with Crippen molar-refractivity contribution in [3.8, 4) is 0 Å². The summed E-state index contributed by atoms with van der Waals surface area (Å²) >= 11 is 3.42. The first-order valence-electron chi connectivity index (χ1n) is 4.61. The summed E-state index contributed by atoms with van der Waals surface area (Å²) in [6, 6.07) is 3.82. The second-order valence-electron chi connectivity index (χ2n) is 3.39. The summed E-state index contributed by atoms with van der Waals surface area (Å²) < 4.78 is 7.44. The highest BCUT2D eigenvalue weighted by atomic mass is 79.9. The lowest BCUT2D eigenvalue weighted by Gasteiger charge is -2.01. The zero-order chi connectivity index (χ0) is 11.0. The van der Waals surface area contributed by atoms with Gasteiger partial charge in [0.05, 0.1) is 0 Å². The van der Waals surface area contributed by atoms with E-state index in [0.29, 0.717) is 12.1 Å². The smallest absolute Gasteiger partial charge is 0.408 e. The Morgan fingerprint density at radius 1 is 1.53 bits per heavy atom. The van der Waals surface area contributed by atoms with Crippen LogP contribution >= 0.6 is 15.9 Å². The molecule has 0 radical (unpaired) electrons. The highest BCUT2D eigenvalue weighted by molar-refractivity contribution is 9.10. The van der Waals surface area contributed by atoms with Crippen molar-refractivity contribution in [1.82, 2.24) is 4.57 Å². The highest BCUT2D eigenvalue weighted by Gasteiger charge is 2.10. The normalized spacial score (nSPS) is 11.1. The lowest BCUT2D eigenvalue weighted by atomic mass is 10.1. The van der Waals surface area contributed by atoms with Gasteiger partial charge in [-0.3, -0.25) is 4.57 Å². The number of nitrogens with zero attached hydrogens (tertiary/aromatic N) is 1. The van der Waals surface area contributed by atoms with E-state index in [1.54, 1.807) is 7.05 Å². The maximum absolute atomic E-state index is 11.3. The average Bonchev–Trinajstić information content (AvgIpc) is 2.43. The van der Waals surface area contributed by atoms with Crippen LogP contribution in [0.15, 0.2) is 25.8 Å². The van der Waals surface area contributed by atoms with Crippen LogP contribution in [-0.4, -0.2) is 11.1 Å². The van der Waals surface area contributed by atoms with Gasteiger partial charge in [-0.25, -0.2) is 4.79 Å². The van der Waals surface area contributed by atoms with Gasteiger partial charge in [-0.2, -0.15) is 0 Å². The van der Waals surface area contributed by atoms with Gasteiger partial charge in [0.2, 0.25) is 0 Å². The van der Waals surface area contributed by atoms with Crippen LogP contribution in [0.1, 0.15) is 5.56 Å². The first-order chi connectivity index (χ1) is 7.13. The molecule has 0 spiro atoms. The molecule has 0 fully saturated rings. The number of aryl methyl sites for hydroxylation is 1. The molecule has 1 heterocycles. The van der Waals surface area contributed by atoms with E-state index in [0.717, 1.165) is 22.0 Å². The quantitative estimate of drug-likeness (QED) is 0.898. The molecule has 0 saturated heterocycles. The summed E-state index contributed by atoms with van der Waals surface area (Å²) in [7, 11) is 1.68. The topological polar surface area (TPSA) is 61.2 Å². The van der Waals surface area contributed by atoms with Crippen LogP contribution in [0.25, 0.3) is 11.1 Å². The minimum Gasteiger partial charge on any atom is -0.408 e. The van der Waals surface area contributed by atoms with E-state index in [1.807, 2.05) is 12.1 Å². The predicted octanol–water partition coefficient (Wildman–Crippen LogP) is 1.40. The molecular weight excluding hydrogens is 260 g/mol. The van der Waals surface area contributed by atoms with Crippen molar-refractivity contribution in [3.05, 3.63) is 32.7 Å². The van der Waals surface area contributed by atoms with Crippen molar-refractivity contribution in [2.24, 2.45) is 12.8 Å². The SMILES string of the molecule is Cn1c(=O)oc2cc(CCN)cc(Br)c21. The van der Waals surface area contributed by atoms with Crippen molar-refractivity contribution in [2.75, 3.05) is 6.54 Å². The van der Waals surface area contributed by atoms with Crippen LogP contribution in [0.2, 0.25) is 0 Å². The van der Waals surface area contributed by atoms with E-state index in [4.69, 9.17) is 10.2 Å². The molecule has 0 saturated carbocycles. The van der Waals surface area contributed by atoms with Gasteiger partial charge >= 0.3 is 5.76 Å². The molecule has 0 atom stereocenters. The largest absolute Gasteiger partial charge is 0.419 e. The Hall–Kier alpha value is -1.07. The molecule has 5 heteroatoms. The minimum absolute atomic E-state index is 0.351. The van der Waals surface area contributed by atoms with Gasteiger partial charge in [0, 0.05) is 11.5 Å². The molecule has 2 rings (SSSR count). The molecule has 1 aromatic heterocycles. The third-order valence-electron chi connectivity index (χ3n) is 2.33. The lowest BCUT2D eigenvalue weighted by Crippen LogP contribution is -2.08. The molecular formula is C10H11BrN2O2. The molecule has 1 aromatic carbocycles. The Morgan fingerprint density at radius 2 is 2.27 bits per heavy atom. The van der Waals surface area contributed by atoms with Crippen LogP contribution in [0.4, 0.5) is 0 Å². The monoisotopic (exact) mass is 270 g/mol. The van der Waals surface area contributed by atoms with Crippen molar-refractivity contribution >= 4 is 27.0 Å². The Balaban J connectivity index is 2.73. The van der Waals surface area contributed by atoms with E-state index in [2.05, 4.69) is 15.9 Å². The van der Waals surface area contributed by atoms with E-state index < -0.39 is 0 Å². The zero-order valence-corrected chi connectivity index (χ0v) is 9.87. The van der Waals surface area contributed by atoms with Crippen LogP contribution in [0.5, 0.6) is 0 Å². The Labute approximate surface area is 94.8 Å². The van der Waals surface area contributed by atoms with Gasteiger partial charge in [-0.05, 0) is 46.6 Å². The molecule has 0 aliphatic heterocycles. The molecule has 0 amide bonds. The summed E-state index contributed by atoms with van der Waals surface area (Å²) in [6.07, 6.45) is 0.771. The van der Waals surface area contributed by atoms with Crippen molar-refractivity contribution < 1.29 is 4.42 Å². The average molecular weight is 271 g/mol. The fourth-order valence-corrected chi connectivity index (χ4v) is 2.35. The first kappa shape index (κ1) is 10.4. The van der Waals surface area contributed by atoms with E-state index >= 15 is 0 Å². The second-order valence-corrected chi connectivity index (χ2v) is 4.24. The van der Waals surface area contributed by atoms with E-state index in [1.165, 1.54) is 4.57 Å². The van der Waals surface area contributed by atoms with E-state index in [-0.39, 0.29) is 5.76 Å². The number of hydrogen-bond donors (Lipinski definition) is 1. The summed E-state index contributed by atoms with van der Waals surface area (Å²) in [4.78, 5) is 11.3. The number of fused-ring (bicyclic) bond motifs is 1. The summed E-state index contributed by atoms with van der Waals surface area (Å²) in [5, 5.41) is 0. The Bertz CT molecular complexity index is 556. The number of benzene rings is 1. The molecule has 0 aliphatic rings. The fourth-order valence-electron chi connectivity index (χ4n) is 1.60. The number of hydrogen-bond acceptors (Lipinski definition) is 3. The molecule has 2 aromatic rings. The lowest BCUT2D eigenvalue weighted by molar-refractivity contribution is 0.528. The first-order valence-corrected chi connectivity index (χ1v) is 5.41. The minimum atomic E-state index is -0.351. The molecule has 0 aliphatic carbocycles. The Kier molecular flexibility index (Phi) is 2.67. The van der Waals surface area contributed by atoms with Gasteiger partial charge < -0.3 is 10.2 Å². The number of rotatable bonds is 2. The van der Waals surface area contributed by atoms with Crippen molar-refractivity contribution in [1.29, 1.82) is 0 Å². The van der Waals surface area contributed by atoms with Gasteiger partial charge in [-0.1, -0.05) is 0 Å². The third-order valence-corrected chi connectivity index (χ3v) is 2.93. The van der Waals surface area contributed by atoms with Gasteiger partial charge in [0.25, 0.3) is 0 Å². The number of oxazole rings is 1. The summed E-state index contributed by atoms with van der Waals surface area (Å²) in [5.41, 5.74) is 7.91. The van der Waals surface area contributed by atoms with Crippen LogP contribution < -0.4 is 11.5 Å². The van der Waals surface area contributed by atoms with E-state index in [9.17, 15) is 4.79 Å². The van der Waals surface area contributed by atoms with Gasteiger partial charge in [0.15, 0.2) is 5.58 Å². The number of halogens is 1. The maximum Gasteiger partial charge on any atom is 0.419 e. The number of nitrogens with two attached hydrogens (primary N) is 1. The van der Waals surface area contributed by atoms with Crippen LogP contribution in [0.3, 0.4) is 0 Å².